The molecule has 1 radical (unpaired) electrons. The Morgan fingerprint density at radius 3 is 2.08 bits per heavy atom. The van der Waals surface area contributed by atoms with E-state index in [1.807, 2.05) is 0 Å². The monoisotopic (exact) mass is 335 g/mol. The maximum atomic E-state index is 3.53. The van der Waals surface area contributed by atoms with Gasteiger partial charge in [0.05, 0.1) is 0 Å². The lowest BCUT2D eigenvalue weighted by Gasteiger charge is -2.14. The first kappa shape index (κ1) is 19.8. The van der Waals surface area contributed by atoms with Crippen LogP contribution in [0, 0.1) is 6.07 Å². The average Bonchev–Trinajstić information content (AvgIpc) is 2.66. The summed E-state index contributed by atoms with van der Waals surface area (Å²) >= 11 is 0. The van der Waals surface area contributed by atoms with Gasteiger partial charge >= 0.3 is 0 Å². The Labute approximate surface area is 155 Å². The molecule has 25 heavy (non-hydrogen) atoms. The predicted octanol–water partition coefficient (Wildman–Crippen LogP) is 7.79. The minimum atomic E-state index is 1.16. The van der Waals surface area contributed by atoms with Gasteiger partial charge in [0.25, 0.3) is 0 Å². The van der Waals surface area contributed by atoms with Crippen LogP contribution in [0.25, 0.3) is 11.1 Å². The molecule has 0 aliphatic carbocycles. The zero-order valence-corrected chi connectivity index (χ0v) is 16.3. The van der Waals surface area contributed by atoms with E-state index >= 15 is 0 Å². The van der Waals surface area contributed by atoms with E-state index in [2.05, 4.69) is 62.4 Å². The fourth-order valence-electron chi connectivity index (χ4n) is 3.58. The van der Waals surface area contributed by atoms with Gasteiger partial charge in [0, 0.05) is 0 Å². The number of aryl methyl sites for hydroxylation is 2. The molecule has 0 fully saturated rings. The van der Waals surface area contributed by atoms with Crippen molar-refractivity contribution >= 4 is 0 Å². The Hall–Kier alpha value is -1.56. The normalized spacial score (nSPS) is 11.0. The van der Waals surface area contributed by atoms with Crippen LogP contribution < -0.4 is 0 Å². The summed E-state index contributed by atoms with van der Waals surface area (Å²) in [6.45, 7) is 4.56. The van der Waals surface area contributed by atoms with Gasteiger partial charge < -0.3 is 0 Å². The molecular weight excluding hydrogens is 300 g/mol. The lowest BCUT2D eigenvalue weighted by atomic mass is 9.91. The molecule has 0 saturated heterocycles. The van der Waals surface area contributed by atoms with E-state index in [1.54, 1.807) is 0 Å². The molecule has 2 aromatic carbocycles. The first-order valence-corrected chi connectivity index (χ1v) is 10.4. The maximum absolute atomic E-state index is 3.53. The van der Waals surface area contributed by atoms with Crippen LogP contribution in [-0.2, 0) is 12.8 Å². The van der Waals surface area contributed by atoms with Crippen molar-refractivity contribution in [3.63, 3.8) is 0 Å². The van der Waals surface area contributed by atoms with Crippen molar-refractivity contribution in [3.8, 4) is 11.1 Å². The topological polar surface area (TPSA) is 0 Å². The van der Waals surface area contributed by atoms with Crippen LogP contribution in [0.3, 0.4) is 0 Å². The van der Waals surface area contributed by atoms with E-state index in [9.17, 15) is 0 Å². The van der Waals surface area contributed by atoms with Gasteiger partial charge in [-0.05, 0) is 54.0 Å². The molecule has 0 aromatic heterocycles. The largest absolute Gasteiger partial charge is 0.0654 e. The Kier molecular flexibility index (Phi) is 9.41. The van der Waals surface area contributed by atoms with Gasteiger partial charge in [-0.25, -0.2) is 0 Å². The summed E-state index contributed by atoms with van der Waals surface area (Å²) < 4.78 is 0. The number of hydrogen-bond donors (Lipinski definition) is 0. The van der Waals surface area contributed by atoms with Gasteiger partial charge in [-0.15, -0.1) is 0 Å². The quantitative estimate of drug-likeness (QED) is 0.347. The van der Waals surface area contributed by atoms with Crippen molar-refractivity contribution in [2.75, 3.05) is 0 Å². The molecule has 0 bridgehead atoms. The zero-order chi connectivity index (χ0) is 17.7. The van der Waals surface area contributed by atoms with Crippen molar-refractivity contribution in [2.45, 2.75) is 84.5 Å². The van der Waals surface area contributed by atoms with Crippen LogP contribution in [0.1, 0.15) is 82.8 Å². The fraction of sp³-hybridized carbons (Fsp3) is 0.520. The highest BCUT2D eigenvalue weighted by atomic mass is 14.1. The number of hydrogen-bond acceptors (Lipinski definition) is 0. The van der Waals surface area contributed by atoms with E-state index in [-0.39, 0.29) is 0 Å². The van der Waals surface area contributed by atoms with E-state index in [4.69, 9.17) is 0 Å². The van der Waals surface area contributed by atoms with Crippen molar-refractivity contribution < 1.29 is 0 Å². The van der Waals surface area contributed by atoms with Crippen molar-refractivity contribution in [3.05, 3.63) is 59.7 Å². The summed E-state index contributed by atoms with van der Waals surface area (Å²) in [6, 6.07) is 19.0. The van der Waals surface area contributed by atoms with Crippen LogP contribution in [0.5, 0.6) is 0 Å². The third kappa shape index (κ3) is 6.69. The molecule has 0 aliphatic rings. The second-order valence-electron chi connectivity index (χ2n) is 7.19. The molecule has 0 unspecified atom stereocenters. The van der Waals surface area contributed by atoms with E-state index < -0.39 is 0 Å². The summed E-state index contributed by atoms with van der Waals surface area (Å²) in [5.41, 5.74) is 5.74. The number of benzene rings is 2. The first-order chi connectivity index (χ1) is 12.4. The first-order valence-electron chi connectivity index (χ1n) is 10.4. The Balaban J connectivity index is 2.07. The highest BCUT2D eigenvalue weighted by Crippen LogP contribution is 2.29. The van der Waals surface area contributed by atoms with E-state index in [0.717, 1.165) is 6.42 Å². The molecule has 0 nitrogen and oxygen atoms in total. The summed E-state index contributed by atoms with van der Waals surface area (Å²) in [5.74, 6) is 0. The second-order valence-corrected chi connectivity index (χ2v) is 7.19. The van der Waals surface area contributed by atoms with E-state index in [1.165, 1.54) is 86.5 Å². The fourth-order valence-corrected chi connectivity index (χ4v) is 3.58. The van der Waals surface area contributed by atoms with Crippen LogP contribution in [-0.4, -0.2) is 0 Å². The second kappa shape index (κ2) is 11.9. The smallest absolute Gasteiger partial charge is 0.0143 e. The lowest BCUT2D eigenvalue weighted by Crippen LogP contribution is -1.95. The van der Waals surface area contributed by atoms with Crippen LogP contribution >= 0.6 is 0 Å². The van der Waals surface area contributed by atoms with Gasteiger partial charge in [0.1, 0.15) is 0 Å². The third-order valence-corrected chi connectivity index (χ3v) is 5.08. The third-order valence-electron chi connectivity index (χ3n) is 5.08. The molecule has 0 saturated carbocycles. The minimum absolute atomic E-state index is 1.16. The Morgan fingerprint density at radius 2 is 1.28 bits per heavy atom. The molecule has 0 atom stereocenters. The molecule has 2 aromatic rings. The van der Waals surface area contributed by atoms with Gasteiger partial charge in [-0.1, -0.05) is 101 Å². The van der Waals surface area contributed by atoms with Gasteiger partial charge in [0.2, 0.25) is 0 Å². The summed E-state index contributed by atoms with van der Waals surface area (Å²) in [4.78, 5) is 0. The number of rotatable bonds is 12. The van der Waals surface area contributed by atoms with Crippen molar-refractivity contribution in [1.29, 1.82) is 0 Å². The van der Waals surface area contributed by atoms with Crippen LogP contribution in [0.2, 0.25) is 0 Å². The Bertz CT molecular complexity index is 596. The summed E-state index contributed by atoms with van der Waals surface area (Å²) in [5, 5.41) is 0. The molecule has 0 heterocycles. The zero-order valence-electron chi connectivity index (χ0n) is 16.3. The molecule has 135 valence electrons. The van der Waals surface area contributed by atoms with Gasteiger partial charge in [-0.3, -0.25) is 0 Å². The van der Waals surface area contributed by atoms with Crippen molar-refractivity contribution in [2.24, 2.45) is 0 Å². The molecule has 0 N–H and O–H groups in total. The van der Waals surface area contributed by atoms with Crippen molar-refractivity contribution in [1.82, 2.24) is 0 Å². The SMILES string of the molecule is CCCCCCCc1[c]cccc1-c1ccccc1CCCCCC. The summed E-state index contributed by atoms with van der Waals surface area (Å²) in [7, 11) is 0. The maximum Gasteiger partial charge on any atom is -0.0143 e. The van der Waals surface area contributed by atoms with Gasteiger partial charge in [0.15, 0.2) is 0 Å². The average molecular weight is 336 g/mol. The lowest BCUT2D eigenvalue weighted by molar-refractivity contribution is 0.632. The molecular formula is C25H35. The molecule has 0 spiro atoms. The van der Waals surface area contributed by atoms with Gasteiger partial charge in [-0.2, -0.15) is 0 Å². The minimum Gasteiger partial charge on any atom is -0.0654 e. The molecule has 2 rings (SSSR count). The Morgan fingerprint density at radius 1 is 0.640 bits per heavy atom. The molecule has 0 aliphatic heterocycles. The van der Waals surface area contributed by atoms with Crippen LogP contribution in [0.15, 0.2) is 42.5 Å². The standard InChI is InChI=1S/C25H35/c1-3-5-7-9-11-17-23-19-13-15-21-25(23)24-20-14-12-18-22(24)16-10-8-6-4-2/h12-15,18,20-21H,3-11,16-17H2,1-2H3. The predicted molar refractivity (Wildman–Crippen MR) is 111 cm³/mol. The van der Waals surface area contributed by atoms with E-state index in [0.29, 0.717) is 0 Å². The summed E-state index contributed by atoms with van der Waals surface area (Å²) in [6.07, 6.45) is 14.3. The molecule has 0 amide bonds. The highest BCUT2D eigenvalue weighted by Gasteiger charge is 2.09. The van der Waals surface area contributed by atoms with Crippen LogP contribution in [0.4, 0.5) is 0 Å². The number of unbranched alkanes of at least 4 members (excludes halogenated alkanes) is 7. The molecule has 0 heteroatoms. The highest BCUT2D eigenvalue weighted by molar-refractivity contribution is 5.70.